The second-order valence-electron chi connectivity index (χ2n) is 7.46. The maximum absolute atomic E-state index is 12.6. The van der Waals surface area contributed by atoms with Crippen LogP contribution in [0.25, 0.3) is 0 Å². The summed E-state index contributed by atoms with van der Waals surface area (Å²) in [5, 5.41) is 2.95. The first kappa shape index (κ1) is 24.8. The minimum atomic E-state index is -3.63. The molecule has 1 atom stereocenters. The Morgan fingerprint density at radius 2 is 1.85 bits per heavy atom. The molecule has 6 nitrogen and oxygen atoms in total. The highest BCUT2D eigenvalue weighted by molar-refractivity contribution is 7.89. The molecule has 1 unspecified atom stereocenters. The molecular weight excluding hydrogens is 374 g/mol. The molecule has 0 aliphatic rings. The highest BCUT2D eigenvalue weighted by Gasteiger charge is 2.28. The lowest BCUT2D eigenvalue weighted by Gasteiger charge is -2.31. The number of rotatable bonds is 8. The summed E-state index contributed by atoms with van der Waals surface area (Å²) in [5.74, 6) is 0.0538. The fourth-order valence-electron chi connectivity index (χ4n) is 2.67. The van der Waals surface area contributed by atoms with E-state index in [0.29, 0.717) is 18.0 Å². The fraction of sp³-hybridized carbons (Fsp3) is 0.611. The Bertz CT molecular complexity index is 707. The quantitative estimate of drug-likeness (QED) is 0.695. The van der Waals surface area contributed by atoms with Crippen LogP contribution in [0.4, 0.5) is 0 Å². The van der Waals surface area contributed by atoms with Crippen LogP contribution in [0.2, 0.25) is 0 Å². The number of hydrogen-bond donors (Lipinski definition) is 2. The lowest BCUT2D eigenvalue weighted by atomic mass is 9.90. The topological polar surface area (TPSA) is 92.5 Å². The second-order valence-corrected chi connectivity index (χ2v) is 9.46. The number of carbonyl (C=O) groups is 1. The van der Waals surface area contributed by atoms with Gasteiger partial charge in [0.05, 0.1) is 4.90 Å². The third-order valence-electron chi connectivity index (χ3n) is 4.23. The first-order chi connectivity index (χ1) is 11.4. The summed E-state index contributed by atoms with van der Waals surface area (Å²) in [6, 6.07) is 5.93. The van der Waals surface area contributed by atoms with Crippen molar-refractivity contribution in [1.29, 1.82) is 0 Å². The van der Waals surface area contributed by atoms with Crippen LogP contribution >= 0.6 is 12.4 Å². The molecule has 0 fully saturated rings. The summed E-state index contributed by atoms with van der Waals surface area (Å²) in [5.41, 5.74) is 5.61. The first-order valence-corrected chi connectivity index (χ1v) is 9.97. The summed E-state index contributed by atoms with van der Waals surface area (Å²) >= 11 is 0. The highest BCUT2D eigenvalue weighted by atomic mass is 35.5. The lowest BCUT2D eigenvalue weighted by Crippen LogP contribution is -2.52. The highest BCUT2D eigenvalue weighted by Crippen LogP contribution is 2.20. The molecule has 0 aliphatic heterocycles. The van der Waals surface area contributed by atoms with Crippen LogP contribution in [0.1, 0.15) is 51.4 Å². The Labute approximate surface area is 164 Å². The van der Waals surface area contributed by atoms with E-state index in [9.17, 15) is 13.2 Å². The van der Waals surface area contributed by atoms with Gasteiger partial charge in [0.2, 0.25) is 10.0 Å². The normalized spacial score (nSPS) is 14.2. The lowest BCUT2D eigenvalue weighted by molar-refractivity contribution is 0.0898. The zero-order valence-electron chi connectivity index (χ0n) is 16.4. The summed E-state index contributed by atoms with van der Waals surface area (Å²) < 4.78 is 26.5. The molecule has 1 rings (SSSR count). The molecule has 26 heavy (non-hydrogen) atoms. The molecule has 0 saturated heterocycles. The number of halogens is 1. The molecule has 1 aromatic rings. The van der Waals surface area contributed by atoms with Gasteiger partial charge in [-0.1, -0.05) is 19.9 Å². The molecule has 0 radical (unpaired) electrons. The van der Waals surface area contributed by atoms with E-state index in [0.717, 1.165) is 6.42 Å². The Hall–Kier alpha value is -1.15. The average molecular weight is 406 g/mol. The Balaban J connectivity index is 0.00000625. The van der Waals surface area contributed by atoms with Gasteiger partial charge in [-0.05, 0) is 51.3 Å². The fourth-order valence-corrected chi connectivity index (χ4v) is 4.09. The Morgan fingerprint density at radius 1 is 1.27 bits per heavy atom. The Kier molecular flexibility index (Phi) is 9.26. The van der Waals surface area contributed by atoms with Gasteiger partial charge in [-0.15, -0.1) is 12.4 Å². The van der Waals surface area contributed by atoms with Gasteiger partial charge < -0.3 is 11.1 Å². The molecule has 0 heterocycles. The van der Waals surface area contributed by atoms with E-state index in [1.165, 1.54) is 23.5 Å². The van der Waals surface area contributed by atoms with Gasteiger partial charge in [-0.25, -0.2) is 8.42 Å². The third-order valence-corrected chi connectivity index (χ3v) is 6.25. The van der Waals surface area contributed by atoms with E-state index < -0.39 is 15.6 Å². The molecular formula is C18H32ClN3O3S. The molecule has 3 N–H and O–H groups in total. The van der Waals surface area contributed by atoms with Crippen LogP contribution in [0.3, 0.4) is 0 Å². The third kappa shape index (κ3) is 6.23. The molecule has 1 amide bonds. The van der Waals surface area contributed by atoms with E-state index in [1.807, 2.05) is 6.92 Å². The van der Waals surface area contributed by atoms with Crippen LogP contribution < -0.4 is 11.1 Å². The van der Waals surface area contributed by atoms with Crippen molar-refractivity contribution in [1.82, 2.24) is 9.62 Å². The standard InChI is InChI=1S/C18H31N3O3S.ClH/c1-13(2)11-18(5,12-19)20-17(22)15-8-7-9-16(10-15)25(23,24)21(6)14(3)4;/h7-10,13-14H,11-12,19H2,1-6H3,(H,20,22);1H. The maximum Gasteiger partial charge on any atom is 0.251 e. The van der Waals surface area contributed by atoms with Crippen molar-refractivity contribution in [2.75, 3.05) is 13.6 Å². The zero-order chi connectivity index (χ0) is 19.4. The zero-order valence-corrected chi connectivity index (χ0v) is 18.1. The molecule has 0 bridgehead atoms. The van der Waals surface area contributed by atoms with Crippen molar-refractivity contribution < 1.29 is 13.2 Å². The average Bonchev–Trinajstić information content (AvgIpc) is 2.53. The van der Waals surface area contributed by atoms with Crippen LogP contribution in [0, 0.1) is 5.92 Å². The minimum Gasteiger partial charge on any atom is -0.346 e. The number of nitrogens with one attached hydrogen (secondary N) is 1. The van der Waals surface area contributed by atoms with Gasteiger partial charge in [-0.2, -0.15) is 4.31 Å². The van der Waals surface area contributed by atoms with E-state index in [4.69, 9.17) is 5.73 Å². The number of amides is 1. The second kappa shape index (κ2) is 9.69. The van der Waals surface area contributed by atoms with Crippen LogP contribution in [-0.2, 0) is 10.0 Å². The minimum absolute atomic E-state index is 0. The molecule has 0 aliphatic carbocycles. The number of nitrogens with zero attached hydrogens (tertiary/aromatic N) is 1. The molecule has 8 heteroatoms. The van der Waals surface area contributed by atoms with Gasteiger partial charge in [-0.3, -0.25) is 4.79 Å². The van der Waals surface area contributed by atoms with Gasteiger partial charge >= 0.3 is 0 Å². The largest absolute Gasteiger partial charge is 0.346 e. The van der Waals surface area contributed by atoms with E-state index in [2.05, 4.69) is 19.2 Å². The predicted molar refractivity (Wildman–Crippen MR) is 108 cm³/mol. The van der Waals surface area contributed by atoms with Crippen LogP contribution in [-0.4, -0.2) is 43.8 Å². The van der Waals surface area contributed by atoms with Crippen molar-refractivity contribution in [3.05, 3.63) is 29.8 Å². The van der Waals surface area contributed by atoms with E-state index in [1.54, 1.807) is 26.0 Å². The predicted octanol–water partition coefficient (Wildman–Crippen LogP) is 2.63. The van der Waals surface area contributed by atoms with Gasteiger partial charge in [0, 0.05) is 30.7 Å². The summed E-state index contributed by atoms with van der Waals surface area (Å²) in [6.45, 7) is 9.94. The van der Waals surface area contributed by atoms with Crippen molar-refractivity contribution in [2.45, 2.75) is 57.5 Å². The summed E-state index contributed by atoms with van der Waals surface area (Å²) in [7, 11) is -2.11. The SMILES string of the molecule is CC(C)CC(C)(CN)NC(=O)c1cccc(S(=O)(=O)N(C)C(C)C)c1.Cl. The number of hydrogen-bond acceptors (Lipinski definition) is 4. The van der Waals surface area contributed by atoms with Gasteiger partial charge in [0.15, 0.2) is 0 Å². The molecule has 150 valence electrons. The number of carbonyl (C=O) groups excluding carboxylic acids is 1. The number of benzene rings is 1. The van der Waals surface area contributed by atoms with Gasteiger partial charge in [0.1, 0.15) is 0 Å². The number of sulfonamides is 1. The first-order valence-electron chi connectivity index (χ1n) is 8.53. The molecule has 0 saturated carbocycles. The van der Waals surface area contributed by atoms with Crippen LogP contribution in [0.15, 0.2) is 29.2 Å². The Morgan fingerprint density at radius 3 is 2.31 bits per heavy atom. The summed E-state index contributed by atoms with van der Waals surface area (Å²) in [6.07, 6.45) is 0.739. The smallest absolute Gasteiger partial charge is 0.251 e. The summed E-state index contributed by atoms with van der Waals surface area (Å²) in [4.78, 5) is 12.7. The van der Waals surface area contributed by atoms with Crippen LogP contribution in [0.5, 0.6) is 0 Å². The maximum atomic E-state index is 12.6. The van der Waals surface area contributed by atoms with Crippen molar-refractivity contribution in [3.63, 3.8) is 0 Å². The molecule has 0 aromatic heterocycles. The van der Waals surface area contributed by atoms with Crippen molar-refractivity contribution >= 4 is 28.3 Å². The molecule has 1 aromatic carbocycles. The monoisotopic (exact) mass is 405 g/mol. The number of nitrogens with two attached hydrogens (primary N) is 1. The van der Waals surface area contributed by atoms with E-state index in [-0.39, 0.29) is 29.3 Å². The van der Waals surface area contributed by atoms with Crippen molar-refractivity contribution in [2.24, 2.45) is 11.7 Å². The van der Waals surface area contributed by atoms with Gasteiger partial charge in [0.25, 0.3) is 5.91 Å². The van der Waals surface area contributed by atoms with E-state index >= 15 is 0 Å². The van der Waals surface area contributed by atoms with Crippen molar-refractivity contribution in [3.8, 4) is 0 Å². The molecule has 0 spiro atoms.